The number of guanidine groups is 1. The molecular weight excluding hydrogens is 421 g/mol. The number of piperidine rings is 1. The van der Waals surface area contributed by atoms with Crippen molar-refractivity contribution < 1.29 is 0 Å². The maximum Gasteiger partial charge on any atom is 0.191 e. The van der Waals surface area contributed by atoms with Crippen LogP contribution in [0.3, 0.4) is 0 Å². The Kier molecular flexibility index (Phi) is 10.0. The second-order valence-corrected chi connectivity index (χ2v) is 7.06. The van der Waals surface area contributed by atoms with Gasteiger partial charge >= 0.3 is 0 Å². The fraction of sp³-hybridized carbons (Fsp3) is 0.750. The van der Waals surface area contributed by atoms with Gasteiger partial charge in [0.25, 0.3) is 0 Å². The molecule has 0 atom stereocenters. The number of nitrogens with zero attached hydrogens (tertiary/aromatic N) is 3. The lowest BCUT2D eigenvalue weighted by atomic mass is 10.1. The van der Waals surface area contributed by atoms with Gasteiger partial charge in [0, 0.05) is 24.5 Å². The Morgan fingerprint density at radius 1 is 1.22 bits per heavy atom. The summed E-state index contributed by atoms with van der Waals surface area (Å²) in [4.78, 5) is 13.0. The number of aryl methyl sites for hydroxylation is 2. The minimum atomic E-state index is 0. The Balaban J connectivity index is 0.00000264. The zero-order chi connectivity index (χ0) is 15.8. The largest absolute Gasteiger partial charge is 0.357 e. The van der Waals surface area contributed by atoms with Gasteiger partial charge < -0.3 is 15.5 Å². The zero-order valence-electron chi connectivity index (χ0n) is 14.5. The van der Waals surface area contributed by atoms with Gasteiger partial charge in [-0.3, -0.25) is 0 Å². The summed E-state index contributed by atoms with van der Waals surface area (Å²) in [6, 6.07) is 0. The quantitative estimate of drug-likeness (QED) is 0.397. The lowest BCUT2D eigenvalue weighted by molar-refractivity contribution is 0.232. The van der Waals surface area contributed by atoms with Crippen LogP contribution >= 0.6 is 35.3 Å². The van der Waals surface area contributed by atoms with Gasteiger partial charge in [0.2, 0.25) is 0 Å². The Labute approximate surface area is 161 Å². The zero-order valence-corrected chi connectivity index (χ0v) is 17.7. The SMILES string of the molecule is CCNC(=NCc1nc(C)c(C)s1)NCCN1CCCCC1.I. The first kappa shape index (κ1) is 20.6. The molecule has 1 aromatic heterocycles. The fourth-order valence-electron chi connectivity index (χ4n) is 2.61. The van der Waals surface area contributed by atoms with Crippen LogP contribution in [-0.2, 0) is 6.54 Å². The average molecular weight is 451 g/mol. The molecule has 0 unspecified atom stereocenters. The number of hydrogen-bond acceptors (Lipinski definition) is 4. The predicted octanol–water partition coefficient (Wildman–Crippen LogP) is 2.92. The van der Waals surface area contributed by atoms with Crippen molar-refractivity contribution in [3.05, 3.63) is 15.6 Å². The van der Waals surface area contributed by atoms with Crippen molar-refractivity contribution in [2.45, 2.75) is 46.6 Å². The van der Waals surface area contributed by atoms with Gasteiger partial charge in [-0.05, 0) is 46.7 Å². The van der Waals surface area contributed by atoms with Gasteiger partial charge in [-0.2, -0.15) is 0 Å². The van der Waals surface area contributed by atoms with Crippen LogP contribution in [0.4, 0.5) is 0 Å². The third-order valence-corrected chi connectivity index (χ3v) is 5.02. The van der Waals surface area contributed by atoms with E-state index in [9.17, 15) is 0 Å². The van der Waals surface area contributed by atoms with Crippen molar-refractivity contribution in [1.82, 2.24) is 20.5 Å². The molecule has 2 heterocycles. The van der Waals surface area contributed by atoms with E-state index in [2.05, 4.69) is 46.3 Å². The molecule has 0 bridgehead atoms. The lowest BCUT2D eigenvalue weighted by Gasteiger charge is -2.26. The number of aliphatic imine (C=N–C) groups is 1. The third-order valence-electron chi connectivity index (χ3n) is 3.96. The maximum absolute atomic E-state index is 4.64. The molecule has 0 amide bonds. The van der Waals surface area contributed by atoms with Crippen LogP contribution in [0.2, 0.25) is 0 Å². The standard InChI is InChI=1S/C16H29N5S.HI/c1-4-17-16(18-8-11-21-9-6-5-7-10-21)19-12-15-20-13(2)14(3)22-15;/h4-12H2,1-3H3,(H2,17,18,19);1H. The van der Waals surface area contributed by atoms with Crippen LogP contribution in [0.15, 0.2) is 4.99 Å². The molecule has 132 valence electrons. The van der Waals surface area contributed by atoms with Gasteiger partial charge in [0.15, 0.2) is 5.96 Å². The highest BCUT2D eigenvalue weighted by Crippen LogP contribution is 2.16. The summed E-state index contributed by atoms with van der Waals surface area (Å²) in [6.07, 6.45) is 4.08. The normalized spacial score (nSPS) is 16.0. The molecule has 2 rings (SSSR count). The van der Waals surface area contributed by atoms with E-state index in [1.165, 1.54) is 37.2 Å². The molecule has 0 aliphatic carbocycles. The van der Waals surface area contributed by atoms with Crippen LogP contribution in [0, 0.1) is 13.8 Å². The Morgan fingerprint density at radius 2 is 1.96 bits per heavy atom. The van der Waals surface area contributed by atoms with Crippen molar-refractivity contribution in [3.8, 4) is 0 Å². The number of rotatable bonds is 6. The molecule has 1 aliphatic rings. The number of halogens is 1. The van der Waals surface area contributed by atoms with Crippen LogP contribution < -0.4 is 10.6 Å². The first-order valence-corrected chi connectivity index (χ1v) is 9.18. The van der Waals surface area contributed by atoms with Gasteiger partial charge in [0.1, 0.15) is 5.01 Å². The van der Waals surface area contributed by atoms with Crippen LogP contribution in [-0.4, -0.2) is 48.6 Å². The van der Waals surface area contributed by atoms with Crippen LogP contribution in [0.5, 0.6) is 0 Å². The average Bonchev–Trinajstić information content (AvgIpc) is 2.84. The Morgan fingerprint density at radius 3 is 2.57 bits per heavy atom. The number of likely N-dealkylation sites (tertiary alicyclic amines) is 1. The Bertz CT molecular complexity index is 463. The summed E-state index contributed by atoms with van der Waals surface area (Å²) in [7, 11) is 0. The molecule has 0 saturated carbocycles. The molecule has 0 radical (unpaired) electrons. The molecule has 7 heteroatoms. The van der Waals surface area contributed by atoms with E-state index in [4.69, 9.17) is 0 Å². The first-order valence-electron chi connectivity index (χ1n) is 8.36. The highest BCUT2D eigenvalue weighted by atomic mass is 127. The minimum Gasteiger partial charge on any atom is -0.357 e. The van der Waals surface area contributed by atoms with Gasteiger partial charge in [-0.15, -0.1) is 35.3 Å². The molecule has 23 heavy (non-hydrogen) atoms. The second-order valence-electron chi connectivity index (χ2n) is 5.77. The molecule has 1 saturated heterocycles. The molecular formula is C16H30IN5S. The number of aromatic nitrogens is 1. The first-order chi connectivity index (χ1) is 10.7. The smallest absolute Gasteiger partial charge is 0.191 e. The molecule has 1 aliphatic heterocycles. The van der Waals surface area contributed by atoms with Crippen molar-refractivity contribution in [2.24, 2.45) is 4.99 Å². The summed E-state index contributed by atoms with van der Waals surface area (Å²) in [5.74, 6) is 0.894. The molecule has 1 aromatic rings. The minimum absolute atomic E-state index is 0. The van der Waals surface area contributed by atoms with E-state index < -0.39 is 0 Å². The monoisotopic (exact) mass is 451 g/mol. The third kappa shape index (κ3) is 7.34. The summed E-state index contributed by atoms with van der Waals surface area (Å²) < 4.78 is 0. The predicted molar refractivity (Wildman–Crippen MR) is 110 cm³/mol. The number of nitrogens with one attached hydrogen (secondary N) is 2. The van der Waals surface area contributed by atoms with Gasteiger partial charge in [-0.1, -0.05) is 6.42 Å². The molecule has 1 fully saturated rings. The van der Waals surface area contributed by atoms with Crippen LogP contribution in [0.1, 0.15) is 41.8 Å². The molecule has 5 nitrogen and oxygen atoms in total. The van der Waals surface area contributed by atoms with E-state index >= 15 is 0 Å². The van der Waals surface area contributed by atoms with E-state index in [1.807, 2.05) is 0 Å². The van der Waals surface area contributed by atoms with Crippen molar-refractivity contribution in [2.75, 3.05) is 32.7 Å². The van der Waals surface area contributed by atoms with Crippen LogP contribution in [0.25, 0.3) is 0 Å². The van der Waals surface area contributed by atoms with E-state index in [1.54, 1.807) is 11.3 Å². The number of thiazole rings is 1. The van der Waals surface area contributed by atoms with Gasteiger partial charge in [0.05, 0.1) is 12.2 Å². The Hall–Kier alpha value is -0.410. The topological polar surface area (TPSA) is 52.6 Å². The fourth-order valence-corrected chi connectivity index (χ4v) is 3.47. The van der Waals surface area contributed by atoms with Crippen molar-refractivity contribution in [3.63, 3.8) is 0 Å². The summed E-state index contributed by atoms with van der Waals surface area (Å²) in [5, 5.41) is 7.83. The molecule has 0 spiro atoms. The van der Waals surface area contributed by atoms with Crippen molar-refractivity contribution >= 4 is 41.3 Å². The summed E-state index contributed by atoms with van der Waals surface area (Å²) >= 11 is 1.74. The number of hydrogen-bond donors (Lipinski definition) is 2. The summed E-state index contributed by atoms with van der Waals surface area (Å²) in [6.45, 7) is 12.3. The van der Waals surface area contributed by atoms with Gasteiger partial charge in [-0.25, -0.2) is 9.98 Å². The van der Waals surface area contributed by atoms with E-state index in [-0.39, 0.29) is 24.0 Å². The molecule has 0 aromatic carbocycles. The van der Waals surface area contributed by atoms with E-state index in [0.29, 0.717) is 6.54 Å². The lowest BCUT2D eigenvalue weighted by Crippen LogP contribution is -2.42. The highest BCUT2D eigenvalue weighted by molar-refractivity contribution is 14.0. The molecule has 2 N–H and O–H groups in total. The van der Waals surface area contributed by atoms with E-state index in [0.717, 1.165) is 36.3 Å². The maximum atomic E-state index is 4.64. The second kappa shape index (κ2) is 11.2. The van der Waals surface area contributed by atoms with Crippen molar-refractivity contribution in [1.29, 1.82) is 0 Å². The highest BCUT2D eigenvalue weighted by Gasteiger charge is 2.09. The summed E-state index contributed by atoms with van der Waals surface area (Å²) in [5.41, 5.74) is 1.12.